The van der Waals surface area contributed by atoms with Gasteiger partial charge in [-0.3, -0.25) is 0 Å². The van der Waals surface area contributed by atoms with E-state index >= 15 is 0 Å². The number of hydrogen-bond acceptors (Lipinski definition) is 4. The number of aromatic nitrogens is 2. The van der Waals surface area contributed by atoms with E-state index in [-0.39, 0.29) is 0 Å². The predicted molar refractivity (Wildman–Crippen MR) is 51.5 cm³/mol. The third-order valence-corrected chi connectivity index (χ3v) is 2.45. The summed E-state index contributed by atoms with van der Waals surface area (Å²) >= 11 is 1.69. The second kappa shape index (κ2) is 3.53. The van der Waals surface area contributed by atoms with Gasteiger partial charge in [-0.05, 0) is 17.5 Å². The monoisotopic (exact) mass is 192 g/mol. The average Bonchev–Trinajstić information content (AvgIpc) is 2.76. The largest absolute Gasteiger partial charge is 0.335 e. The van der Waals surface area contributed by atoms with Crippen molar-refractivity contribution in [1.29, 1.82) is 0 Å². The van der Waals surface area contributed by atoms with Crippen molar-refractivity contribution in [2.24, 2.45) is 0 Å². The standard InChI is InChI=1S/C9H8N2OS/c1-2-9-10-8(11-12-9)6-7-4-3-5-13-7/h2-5H,1,6H2. The summed E-state index contributed by atoms with van der Waals surface area (Å²) in [7, 11) is 0. The Labute approximate surface area is 79.7 Å². The van der Waals surface area contributed by atoms with Crippen LogP contribution in [0, 0.1) is 0 Å². The Bertz CT molecular complexity index is 391. The molecule has 0 saturated carbocycles. The van der Waals surface area contributed by atoms with Gasteiger partial charge in [0.1, 0.15) is 0 Å². The van der Waals surface area contributed by atoms with Crippen molar-refractivity contribution in [1.82, 2.24) is 10.1 Å². The lowest BCUT2D eigenvalue weighted by molar-refractivity contribution is 0.404. The first-order valence-electron chi connectivity index (χ1n) is 3.86. The molecule has 0 amide bonds. The molecule has 66 valence electrons. The van der Waals surface area contributed by atoms with Gasteiger partial charge in [-0.15, -0.1) is 11.3 Å². The summed E-state index contributed by atoms with van der Waals surface area (Å²) in [5, 5.41) is 5.84. The lowest BCUT2D eigenvalue weighted by Crippen LogP contribution is -1.86. The Kier molecular flexibility index (Phi) is 2.23. The first kappa shape index (κ1) is 8.19. The lowest BCUT2D eigenvalue weighted by Gasteiger charge is -1.86. The van der Waals surface area contributed by atoms with Crippen LogP contribution in [0.5, 0.6) is 0 Å². The molecule has 0 aliphatic heterocycles. The minimum absolute atomic E-state index is 0.478. The maximum atomic E-state index is 4.89. The molecule has 2 rings (SSSR count). The topological polar surface area (TPSA) is 38.9 Å². The van der Waals surface area contributed by atoms with E-state index < -0.39 is 0 Å². The minimum Gasteiger partial charge on any atom is -0.335 e. The zero-order valence-corrected chi connectivity index (χ0v) is 7.75. The zero-order valence-electron chi connectivity index (χ0n) is 6.93. The van der Waals surface area contributed by atoms with Crippen LogP contribution < -0.4 is 0 Å². The Morgan fingerprint density at radius 1 is 1.62 bits per heavy atom. The third-order valence-electron chi connectivity index (χ3n) is 1.57. The summed E-state index contributed by atoms with van der Waals surface area (Å²) in [4.78, 5) is 5.35. The summed E-state index contributed by atoms with van der Waals surface area (Å²) in [5.41, 5.74) is 0. The van der Waals surface area contributed by atoms with E-state index in [1.807, 2.05) is 11.4 Å². The molecule has 0 bridgehead atoms. The van der Waals surface area contributed by atoms with Crippen LogP contribution >= 0.6 is 11.3 Å². The van der Waals surface area contributed by atoms with Gasteiger partial charge >= 0.3 is 0 Å². The average molecular weight is 192 g/mol. The molecule has 0 fully saturated rings. The Morgan fingerprint density at radius 2 is 2.54 bits per heavy atom. The molecular formula is C9H8N2OS. The van der Waals surface area contributed by atoms with Crippen LogP contribution in [0.15, 0.2) is 28.6 Å². The van der Waals surface area contributed by atoms with Crippen molar-refractivity contribution >= 4 is 17.4 Å². The van der Waals surface area contributed by atoms with Crippen LogP contribution in [0.3, 0.4) is 0 Å². The van der Waals surface area contributed by atoms with Gasteiger partial charge in [0, 0.05) is 11.3 Å². The summed E-state index contributed by atoms with van der Waals surface area (Å²) < 4.78 is 4.89. The SMILES string of the molecule is C=Cc1nc(Cc2cccs2)no1. The molecule has 0 atom stereocenters. The van der Waals surface area contributed by atoms with Crippen LogP contribution in [0.2, 0.25) is 0 Å². The smallest absolute Gasteiger partial charge is 0.250 e. The highest BCUT2D eigenvalue weighted by molar-refractivity contribution is 7.09. The van der Waals surface area contributed by atoms with Gasteiger partial charge in [0.05, 0.1) is 0 Å². The van der Waals surface area contributed by atoms with Crippen molar-refractivity contribution in [3.05, 3.63) is 40.7 Å². The van der Waals surface area contributed by atoms with Gasteiger partial charge in [-0.1, -0.05) is 17.8 Å². The van der Waals surface area contributed by atoms with E-state index in [2.05, 4.69) is 22.8 Å². The summed E-state index contributed by atoms with van der Waals surface area (Å²) in [5.74, 6) is 1.18. The van der Waals surface area contributed by atoms with Crippen LogP contribution in [0.4, 0.5) is 0 Å². The molecule has 0 aliphatic rings. The fraction of sp³-hybridized carbons (Fsp3) is 0.111. The first-order valence-corrected chi connectivity index (χ1v) is 4.74. The van der Waals surface area contributed by atoms with E-state index in [1.54, 1.807) is 17.4 Å². The number of thiophene rings is 1. The van der Waals surface area contributed by atoms with Gasteiger partial charge in [0.2, 0.25) is 5.89 Å². The molecule has 2 aromatic rings. The molecule has 0 aromatic carbocycles. The summed E-state index contributed by atoms with van der Waals surface area (Å²) in [6, 6.07) is 4.06. The normalized spacial score (nSPS) is 10.2. The molecule has 0 saturated heterocycles. The molecule has 2 aromatic heterocycles. The second-order valence-corrected chi connectivity index (χ2v) is 3.54. The van der Waals surface area contributed by atoms with Crippen molar-refractivity contribution in [3.63, 3.8) is 0 Å². The van der Waals surface area contributed by atoms with Crippen LogP contribution in [0.25, 0.3) is 6.08 Å². The van der Waals surface area contributed by atoms with Gasteiger partial charge in [-0.2, -0.15) is 4.98 Å². The lowest BCUT2D eigenvalue weighted by atomic mass is 10.3. The van der Waals surface area contributed by atoms with Crippen molar-refractivity contribution in [2.75, 3.05) is 0 Å². The quantitative estimate of drug-likeness (QED) is 0.749. The van der Waals surface area contributed by atoms with Gasteiger partial charge in [0.15, 0.2) is 5.82 Å². The highest BCUT2D eigenvalue weighted by atomic mass is 32.1. The van der Waals surface area contributed by atoms with Gasteiger partial charge < -0.3 is 4.52 Å². The van der Waals surface area contributed by atoms with E-state index in [0.29, 0.717) is 11.7 Å². The van der Waals surface area contributed by atoms with E-state index in [1.165, 1.54) is 4.88 Å². The van der Waals surface area contributed by atoms with E-state index in [4.69, 9.17) is 4.52 Å². The highest BCUT2D eigenvalue weighted by Gasteiger charge is 2.04. The summed E-state index contributed by atoms with van der Waals surface area (Å²) in [6.45, 7) is 3.55. The van der Waals surface area contributed by atoms with Gasteiger partial charge in [0.25, 0.3) is 0 Å². The fourth-order valence-electron chi connectivity index (χ4n) is 0.991. The van der Waals surface area contributed by atoms with Gasteiger partial charge in [-0.25, -0.2) is 0 Å². The molecule has 0 spiro atoms. The Morgan fingerprint density at radius 3 is 3.15 bits per heavy atom. The first-order chi connectivity index (χ1) is 6.38. The van der Waals surface area contributed by atoms with Crippen molar-refractivity contribution in [3.8, 4) is 0 Å². The molecule has 3 nitrogen and oxygen atoms in total. The van der Waals surface area contributed by atoms with Crippen molar-refractivity contribution in [2.45, 2.75) is 6.42 Å². The zero-order chi connectivity index (χ0) is 9.10. The summed E-state index contributed by atoms with van der Waals surface area (Å²) in [6.07, 6.45) is 2.28. The van der Waals surface area contributed by atoms with Crippen LogP contribution in [0.1, 0.15) is 16.6 Å². The van der Waals surface area contributed by atoms with Crippen molar-refractivity contribution < 1.29 is 4.52 Å². The number of hydrogen-bond donors (Lipinski definition) is 0. The van der Waals surface area contributed by atoms with E-state index in [9.17, 15) is 0 Å². The maximum absolute atomic E-state index is 4.89. The third kappa shape index (κ3) is 1.84. The van der Waals surface area contributed by atoms with Crippen LogP contribution in [-0.4, -0.2) is 10.1 Å². The Hall–Kier alpha value is -1.42. The molecule has 0 radical (unpaired) electrons. The molecule has 4 heteroatoms. The predicted octanol–water partition coefficient (Wildman–Crippen LogP) is 2.36. The number of rotatable bonds is 3. The molecule has 0 N–H and O–H groups in total. The number of nitrogens with zero attached hydrogens (tertiary/aromatic N) is 2. The molecule has 13 heavy (non-hydrogen) atoms. The fourth-order valence-corrected chi connectivity index (χ4v) is 1.69. The Balaban J connectivity index is 2.14. The molecule has 2 heterocycles. The van der Waals surface area contributed by atoms with Crippen LogP contribution in [-0.2, 0) is 6.42 Å². The molecular weight excluding hydrogens is 184 g/mol. The second-order valence-electron chi connectivity index (χ2n) is 2.51. The minimum atomic E-state index is 0.478. The molecule has 0 aliphatic carbocycles. The maximum Gasteiger partial charge on any atom is 0.250 e. The highest BCUT2D eigenvalue weighted by Crippen LogP contribution is 2.12. The molecule has 0 unspecified atom stereocenters. The van der Waals surface area contributed by atoms with E-state index in [0.717, 1.165) is 6.42 Å².